The monoisotopic (exact) mass is 302 g/mol. The maximum absolute atomic E-state index is 3.84. The van der Waals surface area contributed by atoms with Gasteiger partial charge in [-0.2, -0.15) is 0 Å². The molecule has 0 nitrogen and oxygen atoms in total. The van der Waals surface area contributed by atoms with Gasteiger partial charge in [0.1, 0.15) is 0 Å². The molecular formula is C16H31Br. The van der Waals surface area contributed by atoms with Crippen molar-refractivity contribution < 1.29 is 0 Å². The second kappa shape index (κ2) is 11.6. The highest BCUT2D eigenvalue weighted by molar-refractivity contribution is 9.09. The third kappa shape index (κ3) is 10.1. The highest BCUT2D eigenvalue weighted by Crippen LogP contribution is 2.20. The Morgan fingerprint density at radius 2 is 0.647 bits per heavy atom. The average Bonchev–Trinajstić information content (AvgIpc) is 2.32. The van der Waals surface area contributed by atoms with Crippen LogP contribution < -0.4 is 0 Å². The van der Waals surface area contributed by atoms with Crippen molar-refractivity contribution in [3.63, 3.8) is 0 Å². The number of alkyl halides is 1. The first-order chi connectivity index (χ1) is 8.39. The Morgan fingerprint density at radius 1 is 0.412 bits per heavy atom. The van der Waals surface area contributed by atoms with E-state index in [-0.39, 0.29) is 0 Å². The zero-order valence-corrected chi connectivity index (χ0v) is 13.1. The minimum absolute atomic E-state index is 0.801. The molecule has 1 saturated carbocycles. The van der Waals surface area contributed by atoms with Crippen LogP contribution in [0.25, 0.3) is 0 Å². The molecule has 17 heavy (non-hydrogen) atoms. The summed E-state index contributed by atoms with van der Waals surface area (Å²) in [5.41, 5.74) is 0. The zero-order valence-electron chi connectivity index (χ0n) is 11.6. The smallest absolute Gasteiger partial charge is 0.0145 e. The molecule has 0 aromatic heterocycles. The van der Waals surface area contributed by atoms with Crippen molar-refractivity contribution in [1.82, 2.24) is 0 Å². The molecule has 1 rings (SSSR count). The lowest BCUT2D eigenvalue weighted by Crippen LogP contribution is -1.98. The van der Waals surface area contributed by atoms with Crippen LogP contribution in [-0.4, -0.2) is 4.83 Å². The fraction of sp³-hybridized carbons (Fsp3) is 1.00. The summed E-state index contributed by atoms with van der Waals surface area (Å²) in [5.74, 6) is 0. The molecule has 0 amide bonds. The van der Waals surface area contributed by atoms with Crippen molar-refractivity contribution in [3.05, 3.63) is 0 Å². The van der Waals surface area contributed by atoms with Crippen LogP contribution in [0.2, 0.25) is 0 Å². The first kappa shape index (κ1) is 15.5. The van der Waals surface area contributed by atoms with Crippen molar-refractivity contribution in [2.24, 2.45) is 0 Å². The van der Waals surface area contributed by atoms with Gasteiger partial charge in [-0.25, -0.2) is 0 Å². The van der Waals surface area contributed by atoms with Gasteiger partial charge in [-0.1, -0.05) is 99.4 Å². The van der Waals surface area contributed by atoms with E-state index in [0.717, 1.165) is 4.83 Å². The predicted octanol–water partition coefficient (Wildman–Crippen LogP) is 6.62. The van der Waals surface area contributed by atoms with Crippen LogP contribution in [0.5, 0.6) is 0 Å². The fourth-order valence-corrected chi connectivity index (χ4v) is 3.47. The molecule has 102 valence electrons. The van der Waals surface area contributed by atoms with Gasteiger partial charge in [0.15, 0.2) is 0 Å². The van der Waals surface area contributed by atoms with Crippen LogP contribution in [0.1, 0.15) is 96.3 Å². The summed E-state index contributed by atoms with van der Waals surface area (Å²) in [5, 5.41) is 0. The Balaban J connectivity index is 2.09. The molecule has 0 aromatic rings. The molecule has 0 N–H and O–H groups in total. The predicted molar refractivity (Wildman–Crippen MR) is 82.0 cm³/mol. The van der Waals surface area contributed by atoms with Crippen molar-refractivity contribution in [3.8, 4) is 0 Å². The number of hydrogen-bond acceptors (Lipinski definition) is 0. The van der Waals surface area contributed by atoms with E-state index >= 15 is 0 Å². The van der Waals surface area contributed by atoms with Gasteiger partial charge in [-0.3, -0.25) is 0 Å². The molecule has 0 spiro atoms. The SMILES string of the molecule is BrC1CCCCCCCCCCCCCCC1. The van der Waals surface area contributed by atoms with Crippen LogP contribution >= 0.6 is 15.9 Å². The topological polar surface area (TPSA) is 0 Å². The summed E-state index contributed by atoms with van der Waals surface area (Å²) in [6.07, 6.45) is 21.9. The summed E-state index contributed by atoms with van der Waals surface area (Å²) in [6.45, 7) is 0. The van der Waals surface area contributed by atoms with E-state index in [0.29, 0.717) is 0 Å². The van der Waals surface area contributed by atoms with Crippen LogP contribution in [0.15, 0.2) is 0 Å². The van der Waals surface area contributed by atoms with E-state index in [1.807, 2.05) is 0 Å². The van der Waals surface area contributed by atoms with E-state index < -0.39 is 0 Å². The largest absolute Gasteiger partial charge is 0.0891 e. The molecular weight excluding hydrogens is 272 g/mol. The first-order valence-electron chi connectivity index (χ1n) is 8.03. The Kier molecular flexibility index (Phi) is 10.6. The number of rotatable bonds is 0. The maximum Gasteiger partial charge on any atom is 0.0145 e. The van der Waals surface area contributed by atoms with Crippen molar-refractivity contribution in [1.29, 1.82) is 0 Å². The molecule has 0 bridgehead atoms. The standard InChI is InChI=1S/C16H31Br/c17-16-14-12-10-8-6-4-2-1-3-5-7-9-11-13-15-16/h16H,1-15H2. The minimum atomic E-state index is 0.801. The molecule has 0 aromatic carbocycles. The van der Waals surface area contributed by atoms with Gasteiger partial charge >= 0.3 is 0 Å². The van der Waals surface area contributed by atoms with Crippen LogP contribution in [-0.2, 0) is 0 Å². The minimum Gasteiger partial charge on any atom is -0.0891 e. The molecule has 0 heterocycles. The molecule has 1 heteroatoms. The van der Waals surface area contributed by atoms with Gasteiger partial charge < -0.3 is 0 Å². The number of halogens is 1. The Labute approximate surface area is 117 Å². The summed E-state index contributed by atoms with van der Waals surface area (Å²) in [7, 11) is 0. The van der Waals surface area contributed by atoms with Crippen molar-refractivity contribution >= 4 is 15.9 Å². The van der Waals surface area contributed by atoms with Gasteiger partial charge in [0, 0.05) is 4.83 Å². The summed E-state index contributed by atoms with van der Waals surface area (Å²) in [6, 6.07) is 0. The second-order valence-electron chi connectivity index (χ2n) is 5.77. The van der Waals surface area contributed by atoms with Crippen molar-refractivity contribution in [2.75, 3.05) is 0 Å². The van der Waals surface area contributed by atoms with Crippen LogP contribution in [0, 0.1) is 0 Å². The van der Waals surface area contributed by atoms with Gasteiger partial charge in [-0.15, -0.1) is 0 Å². The first-order valence-corrected chi connectivity index (χ1v) is 8.95. The highest BCUT2D eigenvalue weighted by atomic mass is 79.9. The lowest BCUT2D eigenvalue weighted by molar-refractivity contribution is 0.510. The molecule has 1 fully saturated rings. The van der Waals surface area contributed by atoms with Crippen LogP contribution in [0.4, 0.5) is 0 Å². The molecule has 0 aliphatic heterocycles. The summed E-state index contributed by atoms with van der Waals surface area (Å²) < 4.78 is 0. The second-order valence-corrected chi connectivity index (χ2v) is 7.07. The van der Waals surface area contributed by atoms with E-state index in [9.17, 15) is 0 Å². The molecule has 0 radical (unpaired) electrons. The Hall–Kier alpha value is 0.480. The average molecular weight is 303 g/mol. The normalized spacial score (nSPS) is 24.5. The Bertz CT molecular complexity index is 140. The van der Waals surface area contributed by atoms with Gasteiger partial charge in [0.05, 0.1) is 0 Å². The van der Waals surface area contributed by atoms with E-state index in [4.69, 9.17) is 0 Å². The molecule has 1 aliphatic carbocycles. The van der Waals surface area contributed by atoms with Crippen molar-refractivity contribution in [2.45, 2.75) is 101 Å². The molecule has 0 unspecified atom stereocenters. The lowest BCUT2D eigenvalue weighted by atomic mass is 10.0. The lowest BCUT2D eigenvalue weighted by Gasteiger charge is -2.10. The highest BCUT2D eigenvalue weighted by Gasteiger charge is 2.04. The zero-order chi connectivity index (χ0) is 12.2. The molecule has 0 saturated heterocycles. The quantitative estimate of drug-likeness (QED) is 0.441. The van der Waals surface area contributed by atoms with E-state index in [1.54, 1.807) is 0 Å². The van der Waals surface area contributed by atoms with Gasteiger partial charge in [0.25, 0.3) is 0 Å². The third-order valence-electron chi connectivity index (χ3n) is 4.03. The fourth-order valence-electron chi connectivity index (χ4n) is 2.82. The molecule has 0 atom stereocenters. The number of hydrogen-bond donors (Lipinski definition) is 0. The van der Waals surface area contributed by atoms with Gasteiger partial charge in [0.2, 0.25) is 0 Å². The van der Waals surface area contributed by atoms with E-state index in [2.05, 4.69) is 15.9 Å². The third-order valence-corrected chi connectivity index (χ3v) is 4.95. The summed E-state index contributed by atoms with van der Waals surface area (Å²) in [4.78, 5) is 0.801. The molecule has 1 aliphatic rings. The summed E-state index contributed by atoms with van der Waals surface area (Å²) >= 11 is 3.84. The van der Waals surface area contributed by atoms with Gasteiger partial charge in [-0.05, 0) is 12.8 Å². The van der Waals surface area contributed by atoms with E-state index in [1.165, 1.54) is 96.3 Å². The Morgan fingerprint density at radius 3 is 0.941 bits per heavy atom. The maximum atomic E-state index is 3.84. The van der Waals surface area contributed by atoms with Crippen LogP contribution in [0.3, 0.4) is 0 Å².